The van der Waals surface area contributed by atoms with E-state index in [1.165, 1.54) is 23.9 Å². The maximum atomic E-state index is 12.3. The zero-order chi connectivity index (χ0) is 14.9. The summed E-state index contributed by atoms with van der Waals surface area (Å²) in [5.41, 5.74) is 6.17. The van der Waals surface area contributed by atoms with Gasteiger partial charge in [-0.25, -0.2) is 13.1 Å². The SMILES string of the molecule is CNC(=O)c1cc(S(=O)(=O)NC2CCCC2N)cn1C. The normalized spacial score (nSPS) is 22.9. The highest BCUT2D eigenvalue weighted by atomic mass is 32.2. The second-order valence-corrected chi connectivity index (χ2v) is 6.79. The van der Waals surface area contributed by atoms with Crippen molar-refractivity contribution in [3.05, 3.63) is 18.0 Å². The average Bonchev–Trinajstić information content (AvgIpc) is 2.96. The molecule has 1 fully saturated rings. The van der Waals surface area contributed by atoms with Gasteiger partial charge in [-0.05, 0) is 18.9 Å². The van der Waals surface area contributed by atoms with Crippen LogP contribution >= 0.6 is 0 Å². The summed E-state index contributed by atoms with van der Waals surface area (Å²) < 4.78 is 28.7. The Morgan fingerprint density at radius 2 is 2.15 bits per heavy atom. The van der Waals surface area contributed by atoms with E-state index in [2.05, 4.69) is 10.0 Å². The molecule has 1 saturated carbocycles. The summed E-state index contributed by atoms with van der Waals surface area (Å²) in [5.74, 6) is -0.327. The van der Waals surface area contributed by atoms with E-state index in [4.69, 9.17) is 5.73 Å². The molecule has 4 N–H and O–H groups in total. The van der Waals surface area contributed by atoms with Crippen LogP contribution in [0, 0.1) is 0 Å². The van der Waals surface area contributed by atoms with Gasteiger partial charge in [0.25, 0.3) is 5.91 Å². The third-order valence-corrected chi connectivity index (χ3v) is 5.08. The molecule has 0 bridgehead atoms. The highest BCUT2D eigenvalue weighted by Crippen LogP contribution is 2.20. The number of hydrogen-bond acceptors (Lipinski definition) is 4. The summed E-state index contributed by atoms with van der Waals surface area (Å²) in [5, 5.41) is 2.47. The lowest BCUT2D eigenvalue weighted by molar-refractivity contribution is 0.0955. The fraction of sp³-hybridized carbons (Fsp3) is 0.583. The molecule has 20 heavy (non-hydrogen) atoms. The van der Waals surface area contributed by atoms with Crippen LogP contribution in [0.25, 0.3) is 0 Å². The van der Waals surface area contributed by atoms with Crippen LogP contribution in [0.3, 0.4) is 0 Å². The van der Waals surface area contributed by atoms with E-state index >= 15 is 0 Å². The molecule has 1 aliphatic rings. The minimum atomic E-state index is -3.65. The lowest BCUT2D eigenvalue weighted by Gasteiger charge is -2.16. The van der Waals surface area contributed by atoms with Gasteiger partial charge in [0.2, 0.25) is 10.0 Å². The average molecular weight is 300 g/mol. The minimum Gasteiger partial charge on any atom is -0.354 e. The summed E-state index contributed by atoms with van der Waals surface area (Å²) >= 11 is 0. The van der Waals surface area contributed by atoms with Gasteiger partial charge in [0.05, 0.1) is 0 Å². The molecular formula is C12H20N4O3S. The lowest BCUT2D eigenvalue weighted by atomic mass is 10.2. The number of aryl methyl sites for hydroxylation is 1. The van der Waals surface area contributed by atoms with Gasteiger partial charge in [0, 0.05) is 32.4 Å². The first-order valence-corrected chi connectivity index (χ1v) is 8.00. The number of carbonyl (C=O) groups excluding carboxylic acids is 1. The van der Waals surface area contributed by atoms with Gasteiger partial charge in [-0.2, -0.15) is 0 Å². The summed E-state index contributed by atoms with van der Waals surface area (Å²) in [6.45, 7) is 0. The van der Waals surface area contributed by atoms with E-state index in [1.54, 1.807) is 7.05 Å². The van der Waals surface area contributed by atoms with Crippen molar-refractivity contribution in [3.63, 3.8) is 0 Å². The molecule has 1 amide bonds. The second kappa shape index (κ2) is 5.55. The van der Waals surface area contributed by atoms with Crippen LogP contribution in [0.4, 0.5) is 0 Å². The van der Waals surface area contributed by atoms with Crippen molar-refractivity contribution in [3.8, 4) is 0 Å². The predicted octanol–water partition coefficient (Wildman–Crippen LogP) is -0.457. The molecular weight excluding hydrogens is 280 g/mol. The highest BCUT2D eigenvalue weighted by Gasteiger charge is 2.29. The number of nitrogens with one attached hydrogen (secondary N) is 2. The predicted molar refractivity (Wildman–Crippen MR) is 74.7 cm³/mol. The number of aromatic nitrogens is 1. The standard InChI is InChI=1S/C12H20N4O3S/c1-14-12(17)11-6-8(7-16(11)2)20(18,19)15-10-5-3-4-9(10)13/h6-7,9-10,15H,3-5,13H2,1-2H3,(H,14,17). The van der Waals surface area contributed by atoms with Gasteiger partial charge in [-0.15, -0.1) is 0 Å². The molecule has 2 rings (SSSR count). The Morgan fingerprint density at radius 3 is 2.70 bits per heavy atom. The Hall–Kier alpha value is -1.38. The first kappa shape index (κ1) is 15.0. The van der Waals surface area contributed by atoms with Crippen molar-refractivity contribution in [2.75, 3.05) is 7.05 Å². The fourth-order valence-corrected chi connectivity index (χ4v) is 3.83. The van der Waals surface area contributed by atoms with Crippen molar-refractivity contribution in [1.29, 1.82) is 0 Å². The third-order valence-electron chi connectivity index (χ3n) is 3.63. The number of carbonyl (C=O) groups is 1. The van der Waals surface area contributed by atoms with Crippen LogP contribution in [0.2, 0.25) is 0 Å². The summed E-state index contributed by atoms with van der Waals surface area (Å²) in [4.78, 5) is 11.7. The number of sulfonamides is 1. The van der Waals surface area contributed by atoms with Crippen molar-refractivity contribution in [2.24, 2.45) is 12.8 Å². The smallest absolute Gasteiger partial charge is 0.267 e. The summed E-state index contributed by atoms with van der Waals surface area (Å²) in [6.07, 6.45) is 3.92. The molecule has 0 radical (unpaired) electrons. The zero-order valence-electron chi connectivity index (χ0n) is 11.6. The van der Waals surface area contributed by atoms with Gasteiger partial charge in [0.1, 0.15) is 10.6 Å². The van der Waals surface area contributed by atoms with Gasteiger partial charge in [-0.3, -0.25) is 4.79 Å². The van der Waals surface area contributed by atoms with Crippen LogP contribution in [-0.4, -0.2) is 38.0 Å². The molecule has 1 aromatic rings. The number of rotatable bonds is 4. The Bertz CT molecular complexity index is 608. The van der Waals surface area contributed by atoms with Gasteiger partial charge in [-0.1, -0.05) is 6.42 Å². The van der Waals surface area contributed by atoms with Crippen LogP contribution in [-0.2, 0) is 17.1 Å². The third kappa shape index (κ3) is 2.87. The zero-order valence-corrected chi connectivity index (χ0v) is 12.4. The second-order valence-electron chi connectivity index (χ2n) is 5.07. The van der Waals surface area contributed by atoms with Crippen molar-refractivity contribution < 1.29 is 13.2 Å². The number of hydrogen-bond donors (Lipinski definition) is 3. The largest absolute Gasteiger partial charge is 0.354 e. The van der Waals surface area contributed by atoms with Gasteiger partial charge in [0.15, 0.2) is 0 Å². The first-order chi connectivity index (χ1) is 9.35. The molecule has 0 aromatic carbocycles. The van der Waals surface area contributed by atoms with Crippen LogP contribution < -0.4 is 15.8 Å². The van der Waals surface area contributed by atoms with Crippen LogP contribution in [0.5, 0.6) is 0 Å². The molecule has 2 atom stereocenters. The first-order valence-electron chi connectivity index (χ1n) is 6.51. The van der Waals surface area contributed by atoms with Crippen molar-refractivity contribution in [2.45, 2.75) is 36.2 Å². The molecule has 0 saturated heterocycles. The Labute approximate surface area is 118 Å². The number of nitrogens with zero attached hydrogens (tertiary/aromatic N) is 1. The van der Waals surface area contributed by atoms with E-state index in [0.717, 1.165) is 19.3 Å². The maximum Gasteiger partial charge on any atom is 0.267 e. The molecule has 1 heterocycles. The molecule has 0 aliphatic heterocycles. The highest BCUT2D eigenvalue weighted by molar-refractivity contribution is 7.89. The van der Waals surface area contributed by atoms with Gasteiger partial charge >= 0.3 is 0 Å². The van der Waals surface area contributed by atoms with Crippen molar-refractivity contribution in [1.82, 2.24) is 14.6 Å². The Morgan fingerprint density at radius 1 is 1.45 bits per heavy atom. The van der Waals surface area contributed by atoms with E-state index in [9.17, 15) is 13.2 Å². The molecule has 0 spiro atoms. The molecule has 8 heteroatoms. The van der Waals surface area contributed by atoms with Gasteiger partial charge < -0.3 is 15.6 Å². The molecule has 2 unspecified atom stereocenters. The minimum absolute atomic E-state index is 0.0812. The lowest BCUT2D eigenvalue weighted by Crippen LogP contribution is -2.43. The van der Waals surface area contributed by atoms with Crippen LogP contribution in [0.15, 0.2) is 17.2 Å². The monoisotopic (exact) mass is 300 g/mol. The molecule has 1 aliphatic carbocycles. The fourth-order valence-electron chi connectivity index (χ4n) is 2.44. The number of nitrogens with two attached hydrogens (primary N) is 1. The number of amides is 1. The Kier molecular flexibility index (Phi) is 4.17. The quantitative estimate of drug-likeness (QED) is 0.699. The molecule has 1 aromatic heterocycles. The topological polar surface area (TPSA) is 106 Å². The summed E-state index contributed by atoms with van der Waals surface area (Å²) in [7, 11) is -0.522. The van der Waals surface area contributed by atoms with E-state index in [0.29, 0.717) is 5.69 Å². The Balaban J connectivity index is 2.23. The van der Waals surface area contributed by atoms with Crippen LogP contribution in [0.1, 0.15) is 29.8 Å². The van der Waals surface area contributed by atoms with E-state index in [-0.39, 0.29) is 22.9 Å². The maximum absolute atomic E-state index is 12.3. The van der Waals surface area contributed by atoms with E-state index < -0.39 is 10.0 Å². The molecule has 7 nitrogen and oxygen atoms in total. The summed E-state index contributed by atoms with van der Waals surface area (Å²) in [6, 6.07) is 0.984. The van der Waals surface area contributed by atoms with Crippen molar-refractivity contribution >= 4 is 15.9 Å². The molecule has 112 valence electrons. The van der Waals surface area contributed by atoms with E-state index in [1.807, 2.05) is 0 Å².